The summed E-state index contributed by atoms with van der Waals surface area (Å²) in [6.45, 7) is 4.53. The Morgan fingerprint density at radius 2 is 1.72 bits per heavy atom. The van der Waals surface area contributed by atoms with Gasteiger partial charge >= 0.3 is 0 Å². The first-order valence-corrected chi connectivity index (χ1v) is 8.97. The van der Waals surface area contributed by atoms with Crippen LogP contribution in [0.3, 0.4) is 0 Å². The number of H-pyrrole nitrogens is 1. The summed E-state index contributed by atoms with van der Waals surface area (Å²) in [4.78, 5) is 8.32. The lowest BCUT2D eigenvalue weighted by Gasteiger charge is -2.16. The number of aromatic nitrogens is 5. The molecule has 0 spiro atoms. The first-order chi connectivity index (χ1) is 12.2. The van der Waals surface area contributed by atoms with E-state index in [0.29, 0.717) is 5.92 Å². The highest BCUT2D eigenvalue weighted by molar-refractivity contribution is 5.76. The summed E-state index contributed by atoms with van der Waals surface area (Å²) in [7, 11) is 0. The van der Waals surface area contributed by atoms with Crippen LogP contribution in [0.15, 0.2) is 48.5 Å². The van der Waals surface area contributed by atoms with Gasteiger partial charge in [-0.2, -0.15) is 0 Å². The normalized spacial score (nSPS) is 13.1. The molecule has 2 aromatic carbocycles. The summed E-state index contributed by atoms with van der Waals surface area (Å²) < 4.78 is 2.02. The van der Waals surface area contributed by atoms with E-state index >= 15 is 0 Å². The molecule has 0 fully saturated rings. The highest BCUT2D eigenvalue weighted by Crippen LogP contribution is 2.27. The molecule has 2 heterocycles. The average Bonchev–Trinajstić information content (AvgIpc) is 3.22. The van der Waals surface area contributed by atoms with Crippen LogP contribution in [-0.4, -0.2) is 25.0 Å². The predicted molar refractivity (Wildman–Crippen MR) is 100 cm³/mol. The second kappa shape index (κ2) is 6.67. The number of rotatable bonds is 6. The maximum atomic E-state index is 4.83. The van der Waals surface area contributed by atoms with Crippen molar-refractivity contribution in [3.63, 3.8) is 0 Å². The topological polar surface area (TPSA) is 59.4 Å². The van der Waals surface area contributed by atoms with Gasteiger partial charge in [-0.3, -0.25) is 0 Å². The van der Waals surface area contributed by atoms with Crippen LogP contribution in [0.25, 0.3) is 22.1 Å². The van der Waals surface area contributed by atoms with Crippen molar-refractivity contribution >= 4 is 22.1 Å². The third-order valence-electron chi connectivity index (χ3n) is 4.65. The van der Waals surface area contributed by atoms with Crippen molar-refractivity contribution in [2.24, 2.45) is 5.92 Å². The van der Waals surface area contributed by atoms with Crippen LogP contribution in [0, 0.1) is 5.92 Å². The Bertz CT molecular complexity index is 949. The van der Waals surface area contributed by atoms with E-state index in [4.69, 9.17) is 4.98 Å². The second-order valence-corrected chi connectivity index (χ2v) is 7.00. The van der Waals surface area contributed by atoms with Gasteiger partial charge in [0, 0.05) is 0 Å². The zero-order valence-corrected chi connectivity index (χ0v) is 14.7. The Morgan fingerprint density at radius 3 is 2.52 bits per heavy atom. The van der Waals surface area contributed by atoms with E-state index in [1.165, 1.54) is 6.42 Å². The molecule has 0 radical (unpaired) electrons. The van der Waals surface area contributed by atoms with Crippen LogP contribution < -0.4 is 0 Å². The predicted octanol–water partition coefficient (Wildman–Crippen LogP) is 4.72. The second-order valence-electron chi connectivity index (χ2n) is 7.00. The number of aromatic amines is 1. The van der Waals surface area contributed by atoms with Gasteiger partial charge in [0.1, 0.15) is 17.4 Å². The van der Waals surface area contributed by atoms with E-state index in [1.54, 1.807) is 0 Å². The Hall–Kier alpha value is -2.69. The summed E-state index contributed by atoms with van der Waals surface area (Å²) in [5, 5.41) is 8.78. The molecule has 5 nitrogen and oxygen atoms in total. The lowest BCUT2D eigenvalue weighted by atomic mass is 10.0. The molecule has 4 aromatic rings. The van der Waals surface area contributed by atoms with E-state index in [9.17, 15) is 0 Å². The number of hydrogen-bond acceptors (Lipinski definition) is 3. The Morgan fingerprint density at radius 1 is 0.960 bits per heavy atom. The summed E-state index contributed by atoms with van der Waals surface area (Å²) in [5.41, 5.74) is 4.04. The molecule has 2 aromatic heterocycles. The fourth-order valence-electron chi connectivity index (χ4n) is 3.34. The number of benzene rings is 2. The van der Waals surface area contributed by atoms with Crippen molar-refractivity contribution < 1.29 is 0 Å². The molecule has 5 heteroatoms. The Labute approximate surface area is 147 Å². The average molecular weight is 333 g/mol. The zero-order valence-electron chi connectivity index (χ0n) is 14.7. The van der Waals surface area contributed by atoms with Crippen LogP contribution in [-0.2, 0) is 0 Å². The third kappa shape index (κ3) is 3.14. The van der Waals surface area contributed by atoms with Gasteiger partial charge in [-0.05, 0) is 36.6 Å². The minimum atomic E-state index is 0.0681. The lowest BCUT2D eigenvalue weighted by molar-refractivity contribution is 0.429. The first kappa shape index (κ1) is 15.8. The summed E-state index contributed by atoms with van der Waals surface area (Å²) in [5.74, 6) is 1.66. The highest BCUT2D eigenvalue weighted by atomic mass is 15.4. The molecule has 128 valence electrons. The van der Waals surface area contributed by atoms with E-state index in [-0.39, 0.29) is 6.04 Å². The van der Waals surface area contributed by atoms with Crippen molar-refractivity contribution in [3.8, 4) is 0 Å². The quantitative estimate of drug-likeness (QED) is 0.555. The van der Waals surface area contributed by atoms with E-state index in [0.717, 1.165) is 40.7 Å². The Kier molecular flexibility index (Phi) is 4.22. The maximum absolute atomic E-state index is 4.83. The molecule has 0 aliphatic heterocycles. The van der Waals surface area contributed by atoms with Crippen LogP contribution >= 0.6 is 0 Å². The van der Waals surface area contributed by atoms with Crippen LogP contribution in [0.5, 0.6) is 0 Å². The van der Waals surface area contributed by atoms with Gasteiger partial charge in [-0.25, -0.2) is 9.67 Å². The number of imidazole rings is 1. The number of fused-ring (bicyclic) bond motifs is 2. The number of nitrogens with one attached hydrogen (secondary N) is 1. The molecule has 0 saturated carbocycles. The van der Waals surface area contributed by atoms with E-state index < -0.39 is 0 Å². The summed E-state index contributed by atoms with van der Waals surface area (Å²) in [6.07, 6.45) is 3.32. The number of para-hydroxylation sites is 3. The fourth-order valence-corrected chi connectivity index (χ4v) is 3.34. The van der Waals surface area contributed by atoms with Crippen LogP contribution in [0.2, 0.25) is 0 Å². The monoisotopic (exact) mass is 333 g/mol. The molecule has 0 amide bonds. The molecule has 4 rings (SSSR count). The van der Waals surface area contributed by atoms with Gasteiger partial charge in [0.15, 0.2) is 0 Å². The number of nitrogens with zero attached hydrogens (tertiary/aromatic N) is 4. The first-order valence-electron chi connectivity index (χ1n) is 8.97. The molecule has 1 atom stereocenters. The van der Waals surface area contributed by atoms with E-state index in [1.807, 2.05) is 41.1 Å². The van der Waals surface area contributed by atoms with Gasteiger partial charge in [0.05, 0.1) is 16.6 Å². The lowest BCUT2D eigenvalue weighted by Crippen LogP contribution is -2.14. The largest absolute Gasteiger partial charge is 0.340 e. The smallest absolute Gasteiger partial charge is 0.132 e. The SMILES string of the molecule is CC(C)CCCC(c1nc2ccccc2[nH]1)n1nnc2ccccc21. The fraction of sp³-hybridized carbons (Fsp3) is 0.350. The molecule has 0 aliphatic rings. The number of hydrogen-bond donors (Lipinski definition) is 1. The maximum Gasteiger partial charge on any atom is 0.132 e. The van der Waals surface area contributed by atoms with Crippen LogP contribution in [0.1, 0.15) is 45.0 Å². The molecular formula is C20H23N5. The minimum Gasteiger partial charge on any atom is -0.340 e. The van der Waals surface area contributed by atoms with E-state index in [2.05, 4.69) is 41.3 Å². The van der Waals surface area contributed by atoms with Gasteiger partial charge in [-0.15, -0.1) is 5.10 Å². The van der Waals surface area contributed by atoms with Crippen molar-refractivity contribution in [1.82, 2.24) is 25.0 Å². The minimum absolute atomic E-state index is 0.0681. The van der Waals surface area contributed by atoms with Crippen molar-refractivity contribution in [2.75, 3.05) is 0 Å². The molecular weight excluding hydrogens is 310 g/mol. The molecule has 0 bridgehead atoms. The zero-order chi connectivity index (χ0) is 17.2. The summed E-state index contributed by atoms with van der Waals surface area (Å²) >= 11 is 0. The molecule has 0 saturated heterocycles. The van der Waals surface area contributed by atoms with Gasteiger partial charge < -0.3 is 4.98 Å². The summed E-state index contributed by atoms with van der Waals surface area (Å²) in [6, 6.07) is 16.3. The molecule has 25 heavy (non-hydrogen) atoms. The van der Waals surface area contributed by atoms with Gasteiger partial charge in [0.25, 0.3) is 0 Å². The van der Waals surface area contributed by atoms with Crippen molar-refractivity contribution in [3.05, 3.63) is 54.4 Å². The Balaban J connectivity index is 1.75. The van der Waals surface area contributed by atoms with Gasteiger partial charge in [0.2, 0.25) is 0 Å². The highest BCUT2D eigenvalue weighted by Gasteiger charge is 2.21. The van der Waals surface area contributed by atoms with Gasteiger partial charge in [-0.1, -0.05) is 56.2 Å². The van der Waals surface area contributed by atoms with Crippen molar-refractivity contribution in [1.29, 1.82) is 0 Å². The molecule has 1 N–H and O–H groups in total. The van der Waals surface area contributed by atoms with Crippen LogP contribution in [0.4, 0.5) is 0 Å². The standard InChI is InChI=1S/C20H23N5/c1-14(2)8-7-13-19(20-21-15-9-3-4-10-16(15)22-20)25-18-12-6-5-11-17(18)23-24-25/h3-6,9-12,14,19H,7-8,13H2,1-2H3,(H,21,22). The molecule has 0 aliphatic carbocycles. The third-order valence-corrected chi connectivity index (χ3v) is 4.65. The molecule has 1 unspecified atom stereocenters. The van der Waals surface area contributed by atoms with Crippen molar-refractivity contribution in [2.45, 2.75) is 39.2 Å².